The lowest BCUT2D eigenvalue weighted by Crippen LogP contribution is -2.17. The van der Waals surface area contributed by atoms with Gasteiger partial charge < -0.3 is 9.47 Å². The topological polar surface area (TPSA) is 21.8 Å². The number of fused-ring (bicyclic) bond motifs is 1. The summed E-state index contributed by atoms with van der Waals surface area (Å²) in [6.07, 6.45) is 5.04. The third-order valence-corrected chi connectivity index (χ3v) is 2.52. The summed E-state index contributed by atoms with van der Waals surface area (Å²) in [7, 11) is 1.78. The Hall–Kier alpha value is -0.0800. The molecule has 0 radical (unpaired) electrons. The number of hydrogen-bond donors (Lipinski definition) is 0. The van der Waals surface area contributed by atoms with E-state index in [-0.39, 0.29) is 0 Å². The van der Waals surface area contributed by atoms with Gasteiger partial charge in [-0.2, -0.15) is 0 Å². The van der Waals surface area contributed by atoms with Crippen molar-refractivity contribution in [2.24, 2.45) is 5.92 Å². The molecule has 2 heteroatoms. The Labute approximate surface area is 61.5 Å². The van der Waals surface area contributed by atoms with Crippen molar-refractivity contribution < 1.29 is 9.47 Å². The summed E-state index contributed by atoms with van der Waals surface area (Å²) >= 11 is 0. The molecule has 0 aromatic heterocycles. The van der Waals surface area contributed by atoms with Crippen molar-refractivity contribution in [3.63, 3.8) is 0 Å². The molecule has 2 rings (SSSR count). The number of rotatable bonds is 2. The van der Waals surface area contributed by atoms with Gasteiger partial charge in [-0.15, -0.1) is 0 Å². The van der Waals surface area contributed by atoms with Gasteiger partial charge in [0.25, 0.3) is 0 Å². The molecule has 2 fully saturated rings. The lowest BCUT2D eigenvalue weighted by atomic mass is 9.90. The molecule has 0 aromatic rings. The highest BCUT2D eigenvalue weighted by Crippen LogP contribution is 2.39. The molecule has 1 aliphatic heterocycles. The average molecular weight is 142 g/mol. The summed E-state index contributed by atoms with van der Waals surface area (Å²) in [4.78, 5) is 0. The van der Waals surface area contributed by atoms with E-state index in [1.165, 1.54) is 19.3 Å². The van der Waals surface area contributed by atoms with Crippen LogP contribution in [0, 0.1) is 5.92 Å². The Morgan fingerprint density at radius 2 is 2.30 bits per heavy atom. The molecule has 1 saturated heterocycles. The standard InChI is InChI=1S/C8H14O2/c1-9-5-6-2-3-7-8(4-6)10-7/h6-8H,2-5H2,1H3. The number of methoxy groups -OCH3 is 1. The zero-order chi connectivity index (χ0) is 6.97. The summed E-state index contributed by atoms with van der Waals surface area (Å²) in [5.74, 6) is 0.772. The van der Waals surface area contributed by atoms with E-state index in [4.69, 9.17) is 9.47 Å². The zero-order valence-electron chi connectivity index (χ0n) is 6.38. The van der Waals surface area contributed by atoms with Crippen molar-refractivity contribution in [2.45, 2.75) is 31.5 Å². The van der Waals surface area contributed by atoms with Crippen LogP contribution < -0.4 is 0 Å². The van der Waals surface area contributed by atoms with Gasteiger partial charge in [-0.05, 0) is 25.2 Å². The summed E-state index contributed by atoms with van der Waals surface area (Å²) in [5, 5.41) is 0. The Morgan fingerprint density at radius 3 is 3.00 bits per heavy atom. The Balaban J connectivity index is 1.77. The van der Waals surface area contributed by atoms with Crippen LogP contribution >= 0.6 is 0 Å². The van der Waals surface area contributed by atoms with Crippen molar-refractivity contribution in [3.05, 3.63) is 0 Å². The third-order valence-electron chi connectivity index (χ3n) is 2.52. The molecule has 1 heterocycles. The van der Waals surface area contributed by atoms with Gasteiger partial charge >= 0.3 is 0 Å². The summed E-state index contributed by atoms with van der Waals surface area (Å²) in [6, 6.07) is 0. The van der Waals surface area contributed by atoms with Crippen molar-refractivity contribution in [1.82, 2.24) is 0 Å². The fourth-order valence-corrected chi connectivity index (χ4v) is 1.87. The maximum Gasteiger partial charge on any atom is 0.0845 e. The van der Waals surface area contributed by atoms with Crippen LogP contribution in [0.15, 0.2) is 0 Å². The number of hydrogen-bond acceptors (Lipinski definition) is 2. The van der Waals surface area contributed by atoms with E-state index >= 15 is 0 Å². The minimum Gasteiger partial charge on any atom is -0.384 e. The van der Waals surface area contributed by atoms with Gasteiger partial charge in [0.1, 0.15) is 0 Å². The molecular formula is C8H14O2. The van der Waals surface area contributed by atoms with E-state index in [9.17, 15) is 0 Å². The van der Waals surface area contributed by atoms with Crippen molar-refractivity contribution in [1.29, 1.82) is 0 Å². The van der Waals surface area contributed by atoms with Gasteiger partial charge in [0.2, 0.25) is 0 Å². The van der Waals surface area contributed by atoms with E-state index in [0.717, 1.165) is 12.5 Å². The highest BCUT2D eigenvalue weighted by Gasteiger charge is 2.43. The number of ether oxygens (including phenoxy) is 2. The molecule has 10 heavy (non-hydrogen) atoms. The van der Waals surface area contributed by atoms with Crippen molar-refractivity contribution >= 4 is 0 Å². The normalized spacial score (nSPS) is 44.7. The van der Waals surface area contributed by atoms with Crippen LogP contribution in [0.4, 0.5) is 0 Å². The molecule has 3 unspecified atom stereocenters. The Kier molecular flexibility index (Phi) is 1.66. The first-order valence-electron chi connectivity index (χ1n) is 4.04. The fraction of sp³-hybridized carbons (Fsp3) is 1.00. The second kappa shape index (κ2) is 2.51. The zero-order valence-corrected chi connectivity index (χ0v) is 6.38. The minimum absolute atomic E-state index is 0.605. The van der Waals surface area contributed by atoms with Crippen LogP contribution in [0.3, 0.4) is 0 Å². The Morgan fingerprint density at radius 1 is 1.40 bits per heavy atom. The van der Waals surface area contributed by atoms with Gasteiger partial charge in [0.05, 0.1) is 12.2 Å². The van der Waals surface area contributed by atoms with E-state index in [1.807, 2.05) is 0 Å². The molecule has 0 N–H and O–H groups in total. The molecular weight excluding hydrogens is 128 g/mol. The van der Waals surface area contributed by atoms with Crippen LogP contribution in [0.1, 0.15) is 19.3 Å². The van der Waals surface area contributed by atoms with E-state index in [0.29, 0.717) is 12.2 Å². The van der Waals surface area contributed by atoms with Gasteiger partial charge in [-0.25, -0.2) is 0 Å². The quantitative estimate of drug-likeness (QED) is 0.540. The smallest absolute Gasteiger partial charge is 0.0845 e. The fourth-order valence-electron chi connectivity index (χ4n) is 1.87. The van der Waals surface area contributed by atoms with Gasteiger partial charge in [-0.1, -0.05) is 0 Å². The predicted octanol–water partition coefficient (Wildman–Crippen LogP) is 1.20. The van der Waals surface area contributed by atoms with Crippen molar-refractivity contribution in [2.75, 3.05) is 13.7 Å². The van der Waals surface area contributed by atoms with Crippen LogP contribution in [0.25, 0.3) is 0 Å². The summed E-state index contributed by atoms with van der Waals surface area (Å²) in [6.45, 7) is 0.923. The molecule has 2 nitrogen and oxygen atoms in total. The van der Waals surface area contributed by atoms with E-state index in [2.05, 4.69) is 0 Å². The predicted molar refractivity (Wildman–Crippen MR) is 37.9 cm³/mol. The van der Waals surface area contributed by atoms with Crippen LogP contribution in [0.2, 0.25) is 0 Å². The first kappa shape index (κ1) is 6.62. The summed E-state index contributed by atoms with van der Waals surface area (Å²) in [5.41, 5.74) is 0. The minimum atomic E-state index is 0.605. The van der Waals surface area contributed by atoms with E-state index in [1.54, 1.807) is 7.11 Å². The van der Waals surface area contributed by atoms with E-state index < -0.39 is 0 Å². The second-order valence-electron chi connectivity index (χ2n) is 3.35. The first-order valence-corrected chi connectivity index (χ1v) is 4.04. The molecule has 0 spiro atoms. The highest BCUT2D eigenvalue weighted by atomic mass is 16.6. The molecule has 1 aliphatic carbocycles. The van der Waals surface area contributed by atoms with Crippen LogP contribution in [-0.4, -0.2) is 25.9 Å². The number of epoxide rings is 1. The Bertz CT molecular complexity index is 124. The average Bonchev–Trinajstić information content (AvgIpc) is 2.66. The maximum atomic E-state index is 5.40. The van der Waals surface area contributed by atoms with Gasteiger partial charge in [0.15, 0.2) is 0 Å². The molecule has 1 saturated carbocycles. The van der Waals surface area contributed by atoms with Crippen LogP contribution in [-0.2, 0) is 9.47 Å². The molecule has 0 aromatic carbocycles. The first-order chi connectivity index (χ1) is 4.90. The third kappa shape index (κ3) is 1.18. The SMILES string of the molecule is COCC1CCC2OC2C1. The van der Waals surface area contributed by atoms with Gasteiger partial charge in [-0.3, -0.25) is 0 Å². The lowest BCUT2D eigenvalue weighted by molar-refractivity contribution is 0.136. The van der Waals surface area contributed by atoms with Crippen molar-refractivity contribution in [3.8, 4) is 0 Å². The highest BCUT2D eigenvalue weighted by molar-refractivity contribution is 4.91. The van der Waals surface area contributed by atoms with Crippen LogP contribution in [0.5, 0.6) is 0 Å². The molecule has 0 amide bonds. The molecule has 2 aliphatic rings. The summed E-state index contributed by atoms with van der Waals surface area (Å²) < 4.78 is 10.5. The monoisotopic (exact) mass is 142 g/mol. The maximum absolute atomic E-state index is 5.40. The lowest BCUT2D eigenvalue weighted by Gasteiger charge is -2.16. The largest absolute Gasteiger partial charge is 0.384 e. The molecule has 0 bridgehead atoms. The molecule has 3 atom stereocenters. The second-order valence-corrected chi connectivity index (χ2v) is 3.35. The van der Waals surface area contributed by atoms with Gasteiger partial charge in [0, 0.05) is 13.7 Å². The molecule has 58 valence electrons.